The second kappa shape index (κ2) is 7.59. The lowest BCUT2D eigenvalue weighted by Gasteiger charge is -2.13. The number of nitro benzene ring substituents is 1. The Morgan fingerprint density at radius 2 is 2.19 bits per heavy atom. The molecule has 0 unspecified atom stereocenters. The third kappa shape index (κ3) is 4.91. The number of hydrogen-bond acceptors (Lipinski definition) is 5. The Hall–Kier alpha value is -2.95. The molecule has 0 aliphatic rings. The first-order valence-electron chi connectivity index (χ1n) is 6.10. The summed E-state index contributed by atoms with van der Waals surface area (Å²) in [4.78, 5) is 32.9. The summed E-state index contributed by atoms with van der Waals surface area (Å²) < 4.78 is 0. The van der Waals surface area contributed by atoms with Crippen molar-refractivity contribution in [3.8, 4) is 6.07 Å². The third-order valence-corrected chi connectivity index (χ3v) is 2.70. The molecule has 1 amide bonds. The van der Waals surface area contributed by atoms with Gasteiger partial charge in [0.25, 0.3) is 11.6 Å². The van der Waals surface area contributed by atoms with Crippen LogP contribution in [0.1, 0.15) is 29.6 Å². The van der Waals surface area contributed by atoms with E-state index in [-0.39, 0.29) is 24.1 Å². The van der Waals surface area contributed by atoms with Crippen LogP contribution in [0.15, 0.2) is 24.3 Å². The molecule has 1 aromatic carbocycles. The van der Waals surface area contributed by atoms with Gasteiger partial charge in [-0.2, -0.15) is 5.26 Å². The van der Waals surface area contributed by atoms with Crippen molar-refractivity contribution in [1.29, 1.82) is 5.26 Å². The lowest BCUT2D eigenvalue weighted by atomic mass is 10.1. The van der Waals surface area contributed by atoms with Crippen LogP contribution in [0.2, 0.25) is 0 Å². The molecule has 1 aromatic rings. The molecule has 2 N–H and O–H groups in total. The maximum atomic E-state index is 11.9. The summed E-state index contributed by atoms with van der Waals surface area (Å²) in [7, 11) is 0. The molecule has 0 aliphatic carbocycles. The van der Waals surface area contributed by atoms with Gasteiger partial charge in [0, 0.05) is 24.1 Å². The highest BCUT2D eigenvalue weighted by Crippen LogP contribution is 2.13. The second-order valence-corrected chi connectivity index (χ2v) is 4.22. The van der Waals surface area contributed by atoms with Gasteiger partial charge in [0.1, 0.15) is 6.04 Å². The number of amides is 1. The summed E-state index contributed by atoms with van der Waals surface area (Å²) in [5, 5.41) is 30.3. The van der Waals surface area contributed by atoms with E-state index >= 15 is 0 Å². The van der Waals surface area contributed by atoms with Crippen LogP contribution in [0.3, 0.4) is 0 Å². The molecule has 0 aromatic heterocycles. The fourth-order valence-corrected chi connectivity index (χ4v) is 1.64. The van der Waals surface area contributed by atoms with E-state index < -0.39 is 22.8 Å². The van der Waals surface area contributed by atoms with Crippen molar-refractivity contribution in [2.24, 2.45) is 0 Å². The molecule has 0 fully saturated rings. The Bertz CT molecular complexity index is 594. The summed E-state index contributed by atoms with van der Waals surface area (Å²) in [6.07, 6.45) is 0.642. The SMILES string of the molecule is N#CCCC[C@@H](NC(=O)c1cccc([N+](=O)[O-])c1)C(=O)O. The lowest BCUT2D eigenvalue weighted by molar-refractivity contribution is -0.384. The minimum absolute atomic E-state index is 0.00994. The van der Waals surface area contributed by atoms with Gasteiger partial charge in [-0.1, -0.05) is 6.07 Å². The number of aliphatic carboxylic acids is 1. The molecule has 0 heterocycles. The largest absolute Gasteiger partial charge is 0.480 e. The normalized spacial score (nSPS) is 11.2. The fourth-order valence-electron chi connectivity index (χ4n) is 1.64. The lowest BCUT2D eigenvalue weighted by Crippen LogP contribution is -2.40. The summed E-state index contributed by atoms with van der Waals surface area (Å²) in [5.74, 6) is -1.92. The molecule has 0 spiro atoms. The fraction of sp³-hybridized carbons (Fsp3) is 0.308. The number of unbranched alkanes of at least 4 members (excludes halogenated alkanes) is 1. The first kappa shape index (κ1) is 16.1. The molecule has 8 nitrogen and oxygen atoms in total. The molecule has 0 saturated carbocycles. The van der Waals surface area contributed by atoms with E-state index in [4.69, 9.17) is 10.4 Å². The maximum Gasteiger partial charge on any atom is 0.326 e. The van der Waals surface area contributed by atoms with Gasteiger partial charge < -0.3 is 10.4 Å². The molecule has 21 heavy (non-hydrogen) atoms. The van der Waals surface area contributed by atoms with Gasteiger partial charge in [0.15, 0.2) is 0 Å². The molecule has 1 rings (SSSR count). The standard InChI is InChI=1S/C13H13N3O5/c14-7-2-1-6-11(13(18)19)15-12(17)9-4-3-5-10(8-9)16(20)21/h3-5,8,11H,1-2,6H2,(H,15,17)(H,18,19)/t11-/m1/s1. The zero-order valence-corrected chi connectivity index (χ0v) is 11.0. The number of hydrogen-bond donors (Lipinski definition) is 2. The van der Waals surface area contributed by atoms with Crippen LogP contribution in [0, 0.1) is 21.4 Å². The van der Waals surface area contributed by atoms with Crippen LogP contribution < -0.4 is 5.32 Å². The van der Waals surface area contributed by atoms with Crippen LogP contribution in [0.25, 0.3) is 0 Å². The minimum atomic E-state index is -1.22. The zero-order chi connectivity index (χ0) is 15.8. The molecule has 0 bridgehead atoms. The molecule has 1 atom stereocenters. The van der Waals surface area contributed by atoms with Crippen molar-refractivity contribution in [2.75, 3.05) is 0 Å². The number of rotatable bonds is 7. The molecule has 110 valence electrons. The number of benzene rings is 1. The van der Waals surface area contributed by atoms with Crippen molar-refractivity contribution in [2.45, 2.75) is 25.3 Å². The van der Waals surface area contributed by atoms with Crippen LogP contribution >= 0.6 is 0 Å². The number of nitro groups is 1. The quantitative estimate of drug-likeness (QED) is 0.444. The predicted octanol–water partition coefficient (Wildman–Crippen LogP) is 1.47. The second-order valence-electron chi connectivity index (χ2n) is 4.22. The van der Waals surface area contributed by atoms with Gasteiger partial charge in [0.2, 0.25) is 0 Å². The average Bonchev–Trinajstić information content (AvgIpc) is 2.46. The van der Waals surface area contributed by atoms with E-state index in [1.807, 2.05) is 6.07 Å². The Kier molecular flexibility index (Phi) is 5.82. The molecule has 8 heteroatoms. The van der Waals surface area contributed by atoms with E-state index in [0.29, 0.717) is 6.42 Å². The van der Waals surface area contributed by atoms with Crippen LogP contribution in [0.4, 0.5) is 5.69 Å². The maximum absolute atomic E-state index is 11.9. The highest BCUT2D eigenvalue weighted by molar-refractivity contribution is 5.97. The predicted molar refractivity (Wildman–Crippen MR) is 71.5 cm³/mol. The Morgan fingerprint density at radius 1 is 1.48 bits per heavy atom. The topological polar surface area (TPSA) is 133 Å². The van der Waals surface area contributed by atoms with E-state index in [9.17, 15) is 19.7 Å². The highest BCUT2D eigenvalue weighted by atomic mass is 16.6. The van der Waals surface area contributed by atoms with Crippen LogP contribution in [0.5, 0.6) is 0 Å². The number of carbonyl (C=O) groups excluding carboxylic acids is 1. The minimum Gasteiger partial charge on any atom is -0.480 e. The number of carboxylic acid groups (broad SMARTS) is 1. The van der Waals surface area contributed by atoms with Gasteiger partial charge in [-0.25, -0.2) is 4.79 Å². The first-order valence-corrected chi connectivity index (χ1v) is 6.10. The zero-order valence-electron chi connectivity index (χ0n) is 11.0. The van der Waals surface area contributed by atoms with Crippen molar-refractivity contribution >= 4 is 17.6 Å². The molecular weight excluding hydrogens is 278 g/mol. The van der Waals surface area contributed by atoms with Crippen LogP contribution in [-0.2, 0) is 4.79 Å². The van der Waals surface area contributed by atoms with Crippen molar-refractivity contribution < 1.29 is 19.6 Å². The summed E-state index contributed by atoms with van der Waals surface area (Å²) >= 11 is 0. The number of nitrogens with one attached hydrogen (secondary N) is 1. The summed E-state index contributed by atoms with van der Waals surface area (Å²) in [6.45, 7) is 0. The molecule has 0 saturated heterocycles. The van der Waals surface area contributed by atoms with Crippen LogP contribution in [-0.4, -0.2) is 27.9 Å². The number of carbonyl (C=O) groups is 2. The monoisotopic (exact) mass is 291 g/mol. The average molecular weight is 291 g/mol. The first-order chi connectivity index (χ1) is 9.95. The number of nitriles is 1. The van der Waals surface area contributed by atoms with Crippen molar-refractivity contribution in [3.05, 3.63) is 39.9 Å². The molecule has 0 aliphatic heterocycles. The highest BCUT2D eigenvalue weighted by Gasteiger charge is 2.21. The Labute approximate surface area is 120 Å². The van der Waals surface area contributed by atoms with Gasteiger partial charge in [-0.3, -0.25) is 14.9 Å². The van der Waals surface area contributed by atoms with Gasteiger partial charge in [-0.05, 0) is 18.9 Å². The van der Waals surface area contributed by atoms with Gasteiger partial charge in [0.05, 0.1) is 11.0 Å². The third-order valence-electron chi connectivity index (χ3n) is 2.70. The number of carboxylic acids is 1. The Balaban J connectivity index is 2.77. The van der Waals surface area contributed by atoms with E-state index in [1.165, 1.54) is 18.2 Å². The van der Waals surface area contributed by atoms with E-state index in [1.54, 1.807) is 0 Å². The molecular formula is C13H13N3O5. The summed E-state index contributed by atoms with van der Waals surface area (Å²) in [5.41, 5.74) is -0.241. The van der Waals surface area contributed by atoms with E-state index in [2.05, 4.69) is 5.32 Å². The smallest absolute Gasteiger partial charge is 0.326 e. The number of nitrogens with zero attached hydrogens (tertiary/aromatic N) is 2. The number of non-ortho nitro benzene ring substituents is 1. The summed E-state index contributed by atoms with van der Waals surface area (Å²) in [6, 6.07) is 5.76. The van der Waals surface area contributed by atoms with Crippen molar-refractivity contribution in [1.82, 2.24) is 5.32 Å². The van der Waals surface area contributed by atoms with Gasteiger partial charge in [-0.15, -0.1) is 0 Å². The van der Waals surface area contributed by atoms with Crippen molar-refractivity contribution in [3.63, 3.8) is 0 Å². The Morgan fingerprint density at radius 3 is 2.76 bits per heavy atom. The molecule has 0 radical (unpaired) electrons. The van der Waals surface area contributed by atoms with Gasteiger partial charge >= 0.3 is 5.97 Å². The van der Waals surface area contributed by atoms with E-state index in [0.717, 1.165) is 6.07 Å².